The highest BCUT2D eigenvalue weighted by atomic mass is 79.9. The minimum absolute atomic E-state index is 0.0669. The fraction of sp³-hybridized carbons (Fsp3) is 0.143. The van der Waals surface area contributed by atoms with E-state index in [0.717, 1.165) is 0 Å². The van der Waals surface area contributed by atoms with Gasteiger partial charge in [-0.1, -0.05) is 0 Å². The summed E-state index contributed by atoms with van der Waals surface area (Å²) in [5.41, 5.74) is 0.755. The van der Waals surface area contributed by atoms with E-state index < -0.39 is 17.5 Å². The molecule has 1 aromatic heterocycles. The smallest absolute Gasteiger partial charge is 0.259 e. The van der Waals surface area contributed by atoms with Crippen LogP contribution < -0.4 is 10.6 Å². The second-order valence-electron chi connectivity index (χ2n) is 4.15. The summed E-state index contributed by atoms with van der Waals surface area (Å²) >= 11 is 2.95. The Labute approximate surface area is 128 Å². The first-order chi connectivity index (χ1) is 10.0. The Kier molecular flexibility index (Phi) is 4.85. The lowest BCUT2D eigenvalue weighted by Crippen LogP contribution is -2.16. The van der Waals surface area contributed by atoms with Gasteiger partial charge in [-0.15, -0.1) is 0 Å². The Morgan fingerprint density at radius 1 is 1.29 bits per heavy atom. The summed E-state index contributed by atoms with van der Waals surface area (Å²) in [6.07, 6.45) is 2.92. The highest BCUT2D eigenvalue weighted by Crippen LogP contribution is 2.24. The Bertz CT molecular complexity index is 679. The minimum Gasteiger partial charge on any atom is -0.385 e. The van der Waals surface area contributed by atoms with Crippen molar-refractivity contribution in [2.45, 2.75) is 6.92 Å². The van der Waals surface area contributed by atoms with E-state index in [-0.39, 0.29) is 15.7 Å². The van der Waals surface area contributed by atoms with Gasteiger partial charge in [0.15, 0.2) is 0 Å². The molecule has 4 nitrogen and oxygen atoms in total. The van der Waals surface area contributed by atoms with Crippen LogP contribution >= 0.6 is 15.9 Å². The van der Waals surface area contributed by atoms with Crippen LogP contribution in [0, 0.1) is 11.6 Å². The monoisotopic (exact) mass is 355 g/mol. The Hall–Kier alpha value is -2.02. The lowest BCUT2D eigenvalue weighted by molar-refractivity contribution is 0.102. The predicted molar refractivity (Wildman–Crippen MR) is 80.4 cm³/mol. The van der Waals surface area contributed by atoms with Gasteiger partial charge in [0.2, 0.25) is 0 Å². The zero-order valence-corrected chi connectivity index (χ0v) is 12.7. The number of nitrogens with one attached hydrogen (secondary N) is 2. The van der Waals surface area contributed by atoms with Gasteiger partial charge in [0.05, 0.1) is 21.4 Å². The van der Waals surface area contributed by atoms with Crippen LogP contribution in [0.5, 0.6) is 0 Å². The first-order valence-electron chi connectivity index (χ1n) is 6.16. The molecule has 1 aromatic carbocycles. The van der Waals surface area contributed by atoms with Gasteiger partial charge in [0, 0.05) is 25.0 Å². The van der Waals surface area contributed by atoms with Crippen molar-refractivity contribution in [2.75, 3.05) is 17.2 Å². The number of amides is 1. The number of carbonyl (C=O) groups is 1. The molecule has 0 aliphatic heterocycles. The molecule has 2 rings (SSSR count). The standard InChI is InChI=1S/C14H12BrF2N3O/c1-2-19-12-3-4-18-7-8(12)14(21)20-13-5-9(15)10(16)6-11(13)17/h3-7H,2H2,1H3,(H,18,19)(H,20,21). The van der Waals surface area contributed by atoms with E-state index in [2.05, 4.69) is 31.5 Å². The fourth-order valence-electron chi connectivity index (χ4n) is 1.73. The SMILES string of the molecule is CCNc1ccncc1C(=O)Nc1cc(Br)c(F)cc1F. The normalized spacial score (nSPS) is 10.3. The van der Waals surface area contributed by atoms with Crippen molar-refractivity contribution in [2.24, 2.45) is 0 Å². The molecule has 0 aliphatic carbocycles. The maximum absolute atomic E-state index is 13.6. The van der Waals surface area contributed by atoms with Crippen molar-refractivity contribution in [3.05, 3.63) is 52.3 Å². The third-order valence-corrected chi connectivity index (χ3v) is 3.30. The molecule has 2 aromatic rings. The molecule has 2 N–H and O–H groups in total. The zero-order valence-electron chi connectivity index (χ0n) is 11.1. The van der Waals surface area contributed by atoms with Crippen LogP contribution in [0.15, 0.2) is 35.1 Å². The van der Waals surface area contributed by atoms with Crippen molar-refractivity contribution >= 4 is 33.2 Å². The number of rotatable bonds is 4. The van der Waals surface area contributed by atoms with E-state index >= 15 is 0 Å². The third-order valence-electron chi connectivity index (χ3n) is 2.69. The first kappa shape index (κ1) is 15.4. The molecule has 0 unspecified atom stereocenters. The van der Waals surface area contributed by atoms with E-state index in [0.29, 0.717) is 18.3 Å². The molecule has 0 bridgehead atoms. The Balaban J connectivity index is 2.28. The average molecular weight is 356 g/mol. The topological polar surface area (TPSA) is 54.0 Å². The number of anilines is 2. The molecular formula is C14H12BrF2N3O. The van der Waals surface area contributed by atoms with Crippen LogP contribution in [-0.2, 0) is 0 Å². The Morgan fingerprint density at radius 2 is 2.05 bits per heavy atom. The van der Waals surface area contributed by atoms with Crippen molar-refractivity contribution in [3.63, 3.8) is 0 Å². The number of halogens is 3. The minimum atomic E-state index is -0.849. The maximum Gasteiger partial charge on any atom is 0.259 e. The largest absolute Gasteiger partial charge is 0.385 e. The number of benzene rings is 1. The van der Waals surface area contributed by atoms with Crippen molar-refractivity contribution in [1.29, 1.82) is 0 Å². The van der Waals surface area contributed by atoms with Gasteiger partial charge in [-0.2, -0.15) is 0 Å². The molecule has 21 heavy (non-hydrogen) atoms. The maximum atomic E-state index is 13.6. The van der Waals surface area contributed by atoms with Crippen LogP contribution in [-0.4, -0.2) is 17.4 Å². The molecule has 110 valence electrons. The molecule has 0 radical (unpaired) electrons. The number of nitrogens with zero attached hydrogens (tertiary/aromatic N) is 1. The van der Waals surface area contributed by atoms with E-state index in [1.165, 1.54) is 12.3 Å². The molecule has 0 fully saturated rings. The second kappa shape index (κ2) is 6.62. The number of pyridine rings is 1. The van der Waals surface area contributed by atoms with Gasteiger partial charge < -0.3 is 10.6 Å². The van der Waals surface area contributed by atoms with Gasteiger partial charge in [-0.25, -0.2) is 8.78 Å². The lowest BCUT2D eigenvalue weighted by Gasteiger charge is -2.11. The summed E-state index contributed by atoms with van der Waals surface area (Å²) in [4.78, 5) is 16.1. The summed E-state index contributed by atoms with van der Waals surface area (Å²) in [6.45, 7) is 2.51. The fourth-order valence-corrected chi connectivity index (χ4v) is 2.07. The third kappa shape index (κ3) is 3.55. The van der Waals surface area contributed by atoms with Gasteiger partial charge >= 0.3 is 0 Å². The van der Waals surface area contributed by atoms with E-state index in [9.17, 15) is 13.6 Å². The summed E-state index contributed by atoms with van der Waals surface area (Å²) < 4.78 is 26.9. The average Bonchev–Trinajstić information content (AvgIpc) is 2.45. The second-order valence-corrected chi connectivity index (χ2v) is 5.01. The van der Waals surface area contributed by atoms with Crippen molar-refractivity contribution < 1.29 is 13.6 Å². The van der Waals surface area contributed by atoms with Crippen molar-refractivity contribution in [1.82, 2.24) is 4.98 Å². The van der Waals surface area contributed by atoms with Gasteiger partial charge in [0.1, 0.15) is 11.6 Å². The molecule has 1 heterocycles. The zero-order chi connectivity index (χ0) is 15.4. The molecule has 0 saturated carbocycles. The number of aromatic nitrogens is 1. The van der Waals surface area contributed by atoms with E-state index in [1.54, 1.807) is 12.3 Å². The van der Waals surface area contributed by atoms with Gasteiger partial charge in [0.25, 0.3) is 5.91 Å². The first-order valence-corrected chi connectivity index (χ1v) is 6.96. The Morgan fingerprint density at radius 3 is 2.76 bits per heavy atom. The summed E-state index contributed by atoms with van der Waals surface area (Å²) in [6, 6.07) is 3.52. The molecule has 1 amide bonds. The summed E-state index contributed by atoms with van der Waals surface area (Å²) in [5.74, 6) is -2.12. The van der Waals surface area contributed by atoms with Crippen LogP contribution in [0.1, 0.15) is 17.3 Å². The predicted octanol–water partition coefficient (Wildman–Crippen LogP) is 3.81. The number of hydrogen-bond acceptors (Lipinski definition) is 3. The van der Waals surface area contributed by atoms with E-state index in [1.807, 2.05) is 6.92 Å². The lowest BCUT2D eigenvalue weighted by atomic mass is 10.2. The number of hydrogen-bond donors (Lipinski definition) is 2. The molecule has 0 aliphatic rings. The highest BCUT2D eigenvalue weighted by Gasteiger charge is 2.15. The molecular weight excluding hydrogens is 344 g/mol. The molecule has 0 saturated heterocycles. The summed E-state index contributed by atoms with van der Waals surface area (Å²) in [5, 5.41) is 5.42. The van der Waals surface area contributed by atoms with Crippen LogP contribution in [0.25, 0.3) is 0 Å². The molecule has 0 atom stereocenters. The van der Waals surface area contributed by atoms with Gasteiger partial charge in [-0.3, -0.25) is 9.78 Å². The number of carbonyl (C=O) groups excluding carboxylic acids is 1. The van der Waals surface area contributed by atoms with Crippen LogP contribution in [0.2, 0.25) is 0 Å². The van der Waals surface area contributed by atoms with Crippen molar-refractivity contribution in [3.8, 4) is 0 Å². The summed E-state index contributed by atoms with van der Waals surface area (Å²) in [7, 11) is 0. The molecule has 7 heteroatoms. The van der Waals surface area contributed by atoms with Crippen LogP contribution in [0.4, 0.5) is 20.2 Å². The quantitative estimate of drug-likeness (QED) is 0.820. The molecule has 0 spiro atoms. The van der Waals surface area contributed by atoms with E-state index in [4.69, 9.17) is 0 Å². The highest BCUT2D eigenvalue weighted by molar-refractivity contribution is 9.10. The van der Waals surface area contributed by atoms with Gasteiger partial charge in [-0.05, 0) is 35.0 Å². The van der Waals surface area contributed by atoms with Crippen LogP contribution in [0.3, 0.4) is 0 Å².